The molecule has 5 rings (SSSR count). The fourth-order valence-corrected chi connectivity index (χ4v) is 6.66. The first-order chi connectivity index (χ1) is 19.8. The largest absolute Gasteiger partial charge is 0.484 e. The molecule has 41 heavy (non-hydrogen) atoms. The van der Waals surface area contributed by atoms with Crippen molar-refractivity contribution in [3.8, 4) is 5.75 Å². The van der Waals surface area contributed by atoms with Crippen LogP contribution in [0.4, 0.5) is 4.39 Å². The Balaban J connectivity index is 1.27. The molecule has 3 atom stereocenters. The molecule has 0 bridgehead atoms. The molecule has 3 heterocycles. The van der Waals surface area contributed by atoms with Gasteiger partial charge in [-0.25, -0.2) is 4.39 Å². The monoisotopic (exact) mass is 571 g/mol. The number of alkyl halides is 1. The summed E-state index contributed by atoms with van der Waals surface area (Å²) in [7, 11) is 0. The van der Waals surface area contributed by atoms with Gasteiger partial charge in [0, 0.05) is 38.5 Å². The van der Waals surface area contributed by atoms with Crippen LogP contribution in [0.5, 0.6) is 5.75 Å². The third-order valence-corrected chi connectivity index (χ3v) is 8.98. The predicted octanol–water partition coefficient (Wildman–Crippen LogP) is 1.68. The molecule has 1 saturated carbocycles. The smallest absolute Gasteiger partial charge is 0.260 e. The average molecular weight is 572 g/mol. The molecule has 4 amide bonds. The van der Waals surface area contributed by atoms with Crippen LogP contribution in [0.25, 0.3) is 0 Å². The van der Waals surface area contributed by atoms with E-state index in [0.29, 0.717) is 51.1 Å². The number of piperidine rings is 1. The number of halogens is 1. The molecular weight excluding hydrogens is 529 g/mol. The molecule has 0 unspecified atom stereocenters. The zero-order chi connectivity index (χ0) is 28.8. The number of benzene rings is 1. The number of carbonyl (C=O) groups excluding carboxylic acids is 4. The molecule has 11 heteroatoms. The second-order valence-electron chi connectivity index (χ2n) is 12.0. The maximum absolute atomic E-state index is 14.7. The van der Waals surface area contributed by atoms with Gasteiger partial charge in [0.15, 0.2) is 6.61 Å². The van der Waals surface area contributed by atoms with E-state index < -0.39 is 29.7 Å². The number of likely N-dealkylation sites (tertiary alicyclic amines) is 1. The minimum atomic E-state index is -1.28. The highest BCUT2D eigenvalue weighted by atomic mass is 19.1. The number of hydrogen-bond acceptors (Lipinski definition) is 6. The second kappa shape index (κ2) is 13.2. The summed E-state index contributed by atoms with van der Waals surface area (Å²) in [4.78, 5) is 56.3. The van der Waals surface area contributed by atoms with Gasteiger partial charge >= 0.3 is 0 Å². The first kappa shape index (κ1) is 29.3. The number of amides is 4. The van der Waals surface area contributed by atoms with E-state index in [2.05, 4.69) is 16.0 Å². The highest BCUT2D eigenvalue weighted by Crippen LogP contribution is 2.30. The van der Waals surface area contributed by atoms with E-state index in [0.717, 1.165) is 25.7 Å². The number of nitrogens with zero attached hydrogens (tertiary/aromatic N) is 2. The molecule has 3 saturated heterocycles. The lowest BCUT2D eigenvalue weighted by molar-refractivity contribution is -0.142. The molecule has 1 spiro atoms. The summed E-state index contributed by atoms with van der Waals surface area (Å²) < 4.78 is 20.3. The Morgan fingerprint density at radius 1 is 1.05 bits per heavy atom. The van der Waals surface area contributed by atoms with Crippen LogP contribution >= 0.6 is 0 Å². The first-order valence-electron chi connectivity index (χ1n) is 15.1. The normalized spacial score (nSPS) is 27.8. The molecule has 0 radical (unpaired) electrons. The van der Waals surface area contributed by atoms with Crippen molar-refractivity contribution in [2.24, 2.45) is 0 Å². The van der Waals surface area contributed by atoms with Crippen molar-refractivity contribution in [3.63, 3.8) is 0 Å². The van der Waals surface area contributed by atoms with Gasteiger partial charge in [0.25, 0.3) is 5.91 Å². The van der Waals surface area contributed by atoms with Gasteiger partial charge in [-0.15, -0.1) is 0 Å². The second-order valence-corrected chi connectivity index (χ2v) is 12.0. The van der Waals surface area contributed by atoms with Crippen molar-refractivity contribution >= 4 is 23.6 Å². The summed E-state index contributed by atoms with van der Waals surface area (Å²) in [6.45, 7) is 0.897. The Bertz CT molecular complexity index is 1090. The fourth-order valence-electron chi connectivity index (χ4n) is 6.66. The first-order valence-corrected chi connectivity index (χ1v) is 15.1. The summed E-state index contributed by atoms with van der Waals surface area (Å²) in [6.07, 6.45) is 4.78. The quantitative estimate of drug-likeness (QED) is 0.495. The Morgan fingerprint density at radius 2 is 1.78 bits per heavy atom. The topological polar surface area (TPSA) is 120 Å². The molecule has 1 aliphatic carbocycles. The van der Waals surface area contributed by atoms with Crippen LogP contribution in [-0.4, -0.2) is 96.1 Å². The molecule has 1 aromatic carbocycles. The van der Waals surface area contributed by atoms with E-state index in [9.17, 15) is 23.6 Å². The highest BCUT2D eigenvalue weighted by Gasteiger charge is 2.46. The van der Waals surface area contributed by atoms with Gasteiger partial charge in [0.1, 0.15) is 18.0 Å². The molecule has 4 aliphatic rings. The highest BCUT2D eigenvalue weighted by molar-refractivity contribution is 5.91. The number of nitrogens with one attached hydrogen (secondary N) is 3. The molecular formula is C30H42FN5O5. The van der Waals surface area contributed by atoms with Gasteiger partial charge in [-0.2, -0.15) is 0 Å². The maximum Gasteiger partial charge on any atom is 0.260 e. The van der Waals surface area contributed by atoms with E-state index in [1.165, 1.54) is 4.90 Å². The molecule has 3 aliphatic heterocycles. The van der Waals surface area contributed by atoms with Gasteiger partial charge in [-0.1, -0.05) is 31.0 Å². The van der Waals surface area contributed by atoms with Gasteiger partial charge < -0.3 is 30.5 Å². The van der Waals surface area contributed by atoms with E-state index >= 15 is 0 Å². The van der Waals surface area contributed by atoms with Crippen LogP contribution in [0.15, 0.2) is 30.3 Å². The number of rotatable bonds is 5. The summed E-state index contributed by atoms with van der Waals surface area (Å²) in [6, 6.07) is 7.90. The fraction of sp³-hybridized carbons (Fsp3) is 0.667. The summed E-state index contributed by atoms with van der Waals surface area (Å²) in [5.41, 5.74) is -0.892. The number of carbonyl (C=O) groups is 4. The van der Waals surface area contributed by atoms with Crippen molar-refractivity contribution in [2.75, 3.05) is 32.8 Å². The van der Waals surface area contributed by atoms with Crippen LogP contribution in [0, 0.1) is 0 Å². The van der Waals surface area contributed by atoms with Crippen molar-refractivity contribution in [3.05, 3.63) is 30.3 Å². The van der Waals surface area contributed by atoms with Crippen molar-refractivity contribution in [2.45, 2.75) is 94.0 Å². The Labute approximate surface area is 240 Å². The SMILES string of the molecule is O=C1CC2(CCN(C(=O)COc3ccccc3)CC2)NC(=O)[C@@H]2C[C@H](F)CN2C(=O)[C@@H](NC2CCCC2)CCCN1. The third kappa shape index (κ3) is 7.36. The van der Waals surface area contributed by atoms with Crippen molar-refractivity contribution in [1.29, 1.82) is 0 Å². The summed E-state index contributed by atoms with van der Waals surface area (Å²) in [5.74, 6) is -0.420. The predicted molar refractivity (Wildman–Crippen MR) is 150 cm³/mol. The van der Waals surface area contributed by atoms with Crippen molar-refractivity contribution < 1.29 is 28.3 Å². The van der Waals surface area contributed by atoms with Crippen LogP contribution in [-0.2, 0) is 19.2 Å². The summed E-state index contributed by atoms with van der Waals surface area (Å²) >= 11 is 0. The van der Waals surface area contributed by atoms with E-state index in [-0.39, 0.29) is 49.8 Å². The Morgan fingerprint density at radius 3 is 2.51 bits per heavy atom. The molecule has 10 nitrogen and oxygen atoms in total. The number of para-hydroxylation sites is 1. The molecule has 1 aromatic rings. The van der Waals surface area contributed by atoms with Crippen LogP contribution in [0.2, 0.25) is 0 Å². The molecule has 3 N–H and O–H groups in total. The lowest BCUT2D eigenvalue weighted by atomic mass is 9.83. The average Bonchev–Trinajstić information content (AvgIpc) is 3.63. The number of ether oxygens (including phenoxy) is 1. The Hall–Kier alpha value is -3.21. The van der Waals surface area contributed by atoms with Crippen molar-refractivity contribution in [1.82, 2.24) is 25.8 Å². The van der Waals surface area contributed by atoms with E-state index in [4.69, 9.17) is 4.74 Å². The van der Waals surface area contributed by atoms with E-state index in [1.807, 2.05) is 18.2 Å². The number of hydrogen-bond donors (Lipinski definition) is 3. The van der Waals surface area contributed by atoms with Gasteiger partial charge in [-0.05, 0) is 50.7 Å². The van der Waals surface area contributed by atoms with Crippen LogP contribution in [0.1, 0.15) is 64.2 Å². The zero-order valence-corrected chi connectivity index (χ0v) is 23.6. The lowest BCUT2D eigenvalue weighted by Crippen LogP contribution is -2.61. The van der Waals surface area contributed by atoms with Crippen LogP contribution < -0.4 is 20.7 Å². The summed E-state index contributed by atoms with van der Waals surface area (Å²) in [5, 5.41) is 9.51. The minimum absolute atomic E-state index is 0.0581. The lowest BCUT2D eigenvalue weighted by Gasteiger charge is -2.43. The maximum atomic E-state index is 14.7. The molecule has 4 fully saturated rings. The van der Waals surface area contributed by atoms with Gasteiger partial charge in [0.05, 0.1) is 18.1 Å². The zero-order valence-electron chi connectivity index (χ0n) is 23.6. The minimum Gasteiger partial charge on any atom is -0.484 e. The number of fused-ring (bicyclic) bond motifs is 1. The molecule has 0 aromatic heterocycles. The van der Waals surface area contributed by atoms with Gasteiger partial charge in [0.2, 0.25) is 17.7 Å². The standard InChI is InChI=1S/C30H42FN5O5/c31-21-17-25-28(39)34-30(12-15-35(16-13-30)27(38)20-41-23-9-2-1-3-10-23)18-26(37)32-14-6-11-24(29(40)36(25)19-21)33-22-7-4-5-8-22/h1-3,9-10,21-22,24-25,33H,4-8,11-20H2,(H,32,37)(H,34,39)/t21-,24-,25-/m0/s1. The Kier molecular flexibility index (Phi) is 9.42. The van der Waals surface area contributed by atoms with E-state index in [1.54, 1.807) is 17.0 Å². The van der Waals surface area contributed by atoms with Crippen LogP contribution in [0.3, 0.4) is 0 Å². The third-order valence-electron chi connectivity index (χ3n) is 8.98. The van der Waals surface area contributed by atoms with Gasteiger partial charge in [-0.3, -0.25) is 19.2 Å². The molecule has 224 valence electrons.